The van der Waals surface area contributed by atoms with Gasteiger partial charge in [0.05, 0.1) is 0 Å². The highest BCUT2D eigenvalue weighted by molar-refractivity contribution is 7.61. The SMILES string of the molecule is [O-][P+]1(Nc2cc(N3CCCCC3)ccn2)Oc2ccc3ccccc3c2-c2c(ccc3ccccc23)O1. The van der Waals surface area contributed by atoms with Gasteiger partial charge in [0.1, 0.15) is 0 Å². The van der Waals surface area contributed by atoms with Crippen molar-refractivity contribution in [1.82, 2.24) is 4.98 Å². The topological polar surface area (TPSA) is 69.7 Å². The molecule has 0 radical (unpaired) electrons. The van der Waals surface area contributed by atoms with Crippen molar-refractivity contribution in [3.8, 4) is 22.6 Å². The smallest absolute Gasteiger partial charge is 0.433 e. The molecule has 6 nitrogen and oxygen atoms in total. The lowest BCUT2D eigenvalue weighted by atomic mass is 9.92. The van der Waals surface area contributed by atoms with Crippen LogP contribution in [0.15, 0.2) is 91.1 Å². The Labute approximate surface area is 216 Å². The number of nitrogens with zero attached hydrogens (tertiary/aromatic N) is 2. The molecule has 4 aromatic carbocycles. The van der Waals surface area contributed by atoms with Gasteiger partial charge in [0.15, 0.2) is 17.3 Å². The fraction of sp³-hybridized carbons (Fsp3) is 0.167. The van der Waals surface area contributed by atoms with E-state index in [-0.39, 0.29) is 0 Å². The van der Waals surface area contributed by atoms with Crippen LogP contribution in [0.3, 0.4) is 0 Å². The van der Waals surface area contributed by atoms with E-state index in [4.69, 9.17) is 9.05 Å². The average Bonchev–Trinajstić information content (AvgIpc) is 3.07. The third-order valence-corrected chi connectivity index (χ3v) is 8.56. The van der Waals surface area contributed by atoms with Crippen molar-refractivity contribution in [3.05, 3.63) is 91.1 Å². The molecular formula is C30H26N3O3P. The van der Waals surface area contributed by atoms with Crippen molar-refractivity contribution in [2.45, 2.75) is 19.3 Å². The molecule has 5 aromatic rings. The van der Waals surface area contributed by atoms with E-state index in [2.05, 4.69) is 39.2 Å². The lowest BCUT2D eigenvalue weighted by Gasteiger charge is -2.29. The van der Waals surface area contributed by atoms with Crippen LogP contribution in [0, 0.1) is 0 Å². The molecule has 0 amide bonds. The van der Waals surface area contributed by atoms with E-state index in [1.54, 1.807) is 6.20 Å². The molecule has 1 N–H and O–H groups in total. The summed E-state index contributed by atoms with van der Waals surface area (Å²) in [6.07, 6.45) is 5.33. The van der Waals surface area contributed by atoms with Crippen LogP contribution in [-0.4, -0.2) is 18.1 Å². The first kappa shape index (κ1) is 22.3. The standard InChI is InChI=1S/C30H26N3O3P/c34-37(32-28-20-23(16-17-31-28)33-18-6-1-7-19-33)35-26-14-12-21-8-2-4-10-24(21)29(26)30-25-11-5-3-9-22(25)13-15-27(30)36-37/h2-5,8-17,20H,1,6-7,18-19H2,(H,31,32,34). The molecule has 0 atom stereocenters. The molecule has 0 bridgehead atoms. The van der Waals surface area contributed by atoms with Gasteiger partial charge in [-0.15, -0.1) is 0 Å². The molecule has 7 rings (SSSR count). The molecule has 2 aliphatic heterocycles. The van der Waals surface area contributed by atoms with Crippen LogP contribution in [0.2, 0.25) is 0 Å². The van der Waals surface area contributed by atoms with Crippen LogP contribution in [-0.2, 0) is 0 Å². The summed E-state index contributed by atoms with van der Waals surface area (Å²) in [4.78, 5) is 21.1. The largest absolute Gasteiger partial charge is 0.597 e. The maximum absolute atomic E-state index is 14.3. The second-order valence-corrected chi connectivity index (χ2v) is 11.1. The first-order valence-corrected chi connectivity index (χ1v) is 14.2. The lowest BCUT2D eigenvalue weighted by molar-refractivity contribution is -0.200. The zero-order valence-corrected chi connectivity index (χ0v) is 21.2. The van der Waals surface area contributed by atoms with Gasteiger partial charge in [0.25, 0.3) is 0 Å². The van der Waals surface area contributed by atoms with Gasteiger partial charge >= 0.3 is 8.09 Å². The van der Waals surface area contributed by atoms with Gasteiger partial charge in [-0.3, -0.25) is 9.05 Å². The van der Waals surface area contributed by atoms with Crippen molar-refractivity contribution in [2.75, 3.05) is 23.1 Å². The summed E-state index contributed by atoms with van der Waals surface area (Å²) in [5.74, 6) is 1.48. The maximum atomic E-state index is 14.3. The fourth-order valence-electron chi connectivity index (χ4n) is 5.46. The average molecular weight is 508 g/mol. The highest BCUT2D eigenvalue weighted by Gasteiger charge is 2.41. The minimum atomic E-state index is -3.89. The Morgan fingerprint density at radius 2 is 1.32 bits per heavy atom. The van der Waals surface area contributed by atoms with Crippen LogP contribution < -0.4 is 23.9 Å². The Morgan fingerprint density at radius 3 is 1.95 bits per heavy atom. The van der Waals surface area contributed by atoms with E-state index >= 15 is 0 Å². The number of nitrogens with one attached hydrogen (secondary N) is 1. The summed E-state index contributed by atoms with van der Waals surface area (Å²) >= 11 is 0. The Morgan fingerprint density at radius 1 is 0.730 bits per heavy atom. The van der Waals surface area contributed by atoms with Gasteiger partial charge in [0, 0.05) is 42.2 Å². The molecule has 1 saturated heterocycles. The molecule has 2 aliphatic rings. The van der Waals surface area contributed by atoms with Crippen molar-refractivity contribution in [1.29, 1.82) is 0 Å². The zero-order chi connectivity index (χ0) is 24.8. The number of rotatable bonds is 3. The van der Waals surface area contributed by atoms with Crippen LogP contribution in [0.1, 0.15) is 19.3 Å². The number of hydrogen-bond acceptors (Lipinski definition) is 6. The summed E-state index contributed by atoms with van der Waals surface area (Å²) < 4.78 is 12.5. The fourth-order valence-corrected chi connectivity index (χ4v) is 6.82. The summed E-state index contributed by atoms with van der Waals surface area (Å²) in [7, 11) is -3.89. The molecule has 0 unspecified atom stereocenters. The third kappa shape index (κ3) is 4.03. The highest BCUT2D eigenvalue weighted by atomic mass is 31.2. The predicted molar refractivity (Wildman–Crippen MR) is 149 cm³/mol. The number of anilines is 2. The van der Waals surface area contributed by atoms with E-state index in [0.29, 0.717) is 17.3 Å². The molecule has 184 valence electrons. The van der Waals surface area contributed by atoms with Crippen LogP contribution in [0.5, 0.6) is 11.5 Å². The number of piperidine rings is 1. The van der Waals surface area contributed by atoms with Gasteiger partial charge in [-0.25, -0.2) is 4.98 Å². The number of aromatic nitrogens is 1. The lowest BCUT2D eigenvalue weighted by Crippen LogP contribution is -2.30. The monoisotopic (exact) mass is 507 g/mol. The molecule has 3 heterocycles. The summed E-state index contributed by atoms with van der Waals surface area (Å²) in [5, 5.41) is 7.20. The van der Waals surface area contributed by atoms with Crippen LogP contribution >= 0.6 is 8.09 Å². The maximum Gasteiger partial charge on any atom is 0.433 e. The molecule has 0 aliphatic carbocycles. The van der Waals surface area contributed by atoms with Gasteiger partial charge in [0.2, 0.25) is 0 Å². The minimum Gasteiger partial charge on any atom is -0.597 e. The van der Waals surface area contributed by atoms with E-state index in [1.165, 1.54) is 19.3 Å². The van der Waals surface area contributed by atoms with E-state index in [1.807, 2.05) is 60.7 Å². The van der Waals surface area contributed by atoms with Crippen LogP contribution in [0.4, 0.5) is 11.5 Å². The first-order chi connectivity index (χ1) is 18.2. The van der Waals surface area contributed by atoms with Gasteiger partial charge in [-0.05, 0) is 59.0 Å². The second kappa shape index (κ2) is 8.91. The molecule has 1 aromatic heterocycles. The van der Waals surface area contributed by atoms with Gasteiger partial charge < -0.3 is 9.79 Å². The van der Waals surface area contributed by atoms with Crippen molar-refractivity contribution in [2.24, 2.45) is 0 Å². The normalized spacial score (nSPS) is 16.3. The second-order valence-electron chi connectivity index (χ2n) is 9.56. The van der Waals surface area contributed by atoms with Crippen molar-refractivity contribution < 1.29 is 13.9 Å². The van der Waals surface area contributed by atoms with Crippen molar-refractivity contribution >= 4 is 41.1 Å². The van der Waals surface area contributed by atoms with E-state index < -0.39 is 8.09 Å². The number of fused-ring (bicyclic) bond motifs is 7. The minimum absolute atomic E-state index is 0.456. The Balaban J connectivity index is 1.36. The molecule has 7 heteroatoms. The molecule has 1 fully saturated rings. The highest BCUT2D eigenvalue weighted by Crippen LogP contribution is 2.60. The quantitative estimate of drug-likeness (QED) is 0.266. The van der Waals surface area contributed by atoms with Gasteiger partial charge in [-0.2, -0.15) is 5.09 Å². The van der Waals surface area contributed by atoms with Crippen molar-refractivity contribution in [3.63, 3.8) is 0 Å². The predicted octanol–water partition coefficient (Wildman–Crippen LogP) is 6.97. The molecule has 0 spiro atoms. The number of benzene rings is 4. The Kier molecular flexibility index (Phi) is 5.38. The zero-order valence-electron chi connectivity index (χ0n) is 20.3. The summed E-state index contributed by atoms with van der Waals surface area (Å²) in [5.41, 5.74) is 2.80. The number of hydrogen-bond donors (Lipinski definition) is 1. The van der Waals surface area contributed by atoms with E-state index in [0.717, 1.165) is 51.4 Å². The molecular weight excluding hydrogens is 481 g/mol. The van der Waals surface area contributed by atoms with E-state index in [9.17, 15) is 4.89 Å². The van der Waals surface area contributed by atoms with Gasteiger partial charge in [-0.1, -0.05) is 60.7 Å². The first-order valence-electron chi connectivity index (χ1n) is 12.7. The number of pyridine rings is 1. The molecule has 37 heavy (non-hydrogen) atoms. The Hall–Kier alpha value is -3.86. The Bertz CT molecular complexity index is 1550. The summed E-state index contributed by atoms with van der Waals surface area (Å²) in [6.45, 7) is 2.02. The summed E-state index contributed by atoms with van der Waals surface area (Å²) in [6, 6.07) is 28.0. The molecule has 0 saturated carbocycles. The third-order valence-electron chi connectivity index (χ3n) is 7.18. The van der Waals surface area contributed by atoms with Crippen LogP contribution in [0.25, 0.3) is 32.7 Å².